The standard InChI is InChI=1S/C18H27N3O.ClH/c1-14-6-8-16(9-7-14)20-18(22)13-21-11-10-19-12-15-4-2-3-5-17(15)21;/h2-5,14,16,19H,6-13H2,1H3,(H,20,22);1H. The second kappa shape index (κ2) is 8.55. The fourth-order valence-electron chi connectivity index (χ4n) is 3.54. The van der Waals surface area contributed by atoms with Crippen molar-refractivity contribution in [3.05, 3.63) is 29.8 Å². The predicted molar refractivity (Wildman–Crippen MR) is 97.2 cm³/mol. The van der Waals surface area contributed by atoms with Gasteiger partial charge in [-0.2, -0.15) is 0 Å². The van der Waals surface area contributed by atoms with Gasteiger partial charge in [-0.05, 0) is 43.2 Å². The van der Waals surface area contributed by atoms with Crippen LogP contribution < -0.4 is 15.5 Å². The molecule has 1 amide bonds. The maximum Gasteiger partial charge on any atom is 0.239 e. The van der Waals surface area contributed by atoms with Crippen molar-refractivity contribution in [3.8, 4) is 0 Å². The van der Waals surface area contributed by atoms with Crippen LogP contribution in [0.25, 0.3) is 0 Å². The average Bonchev–Trinajstić information content (AvgIpc) is 2.72. The first kappa shape index (κ1) is 18.1. The summed E-state index contributed by atoms with van der Waals surface area (Å²) in [6, 6.07) is 8.76. The van der Waals surface area contributed by atoms with Crippen LogP contribution in [0.1, 0.15) is 38.2 Å². The number of halogens is 1. The second-order valence-corrected chi connectivity index (χ2v) is 6.75. The van der Waals surface area contributed by atoms with Crippen LogP contribution in [-0.2, 0) is 11.3 Å². The molecular formula is C18H28ClN3O. The lowest BCUT2D eigenvalue weighted by molar-refractivity contribution is -0.120. The van der Waals surface area contributed by atoms with Gasteiger partial charge in [-0.3, -0.25) is 4.79 Å². The lowest BCUT2D eigenvalue weighted by Gasteiger charge is -2.29. The van der Waals surface area contributed by atoms with Gasteiger partial charge in [-0.15, -0.1) is 12.4 Å². The van der Waals surface area contributed by atoms with Crippen LogP contribution >= 0.6 is 12.4 Å². The fraction of sp³-hybridized carbons (Fsp3) is 0.611. The van der Waals surface area contributed by atoms with E-state index >= 15 is 0 Å². The number of carbonyl (C=O) groups is 1. The first-order valence-corrected chi connectivity index (χ1v) is 8.55. The van der Waals surface area contributed by atoms with E-state index in [0.717, 1.165) is 38.4 Å². The van der Waals surface area contributed by atoms with Gasteiger partial charge < -0.3 is 15.5 Å². The van der Waals surface area contributed by atoms with Crippen molar-refractivity contribution < 1.29 is 4.79 Å². The van der Waals surface area contributed by atoms with Crippen molar-refractivity contribution in [2.75, 3.05) is 24.5 Å². The average molecular weight is 338 g/mol. The van der Waals surface area contributed by atoms with Gasteiger partial charge in [0.25, 0.3) is 0 Å². The molecule has 0 spiro atoms. The fourth-order valence-corrected chi connectivity index (χ4v) is 3.54. The lowest BCUT2D eigenvalue weighted by atomic mass is 9.87. The molecule has 3 rings (SSSR count). The Labute approximate surface area is 145 Å². The van der Waals surface area contributed by atoms with Gasteiger partial charge in [0.1, 0.15) is 0 Å². The zero-order chi connectivity index (χ0) is 15.4. The van der Waals surface area contributed by atoms with E-state index < -0.39 is 0 Å². The summed E-state index contributed by atoms with van der Waals surface area (Å²) in [6.07, 6.45) is 4.74. The van der Waals surface area contributed by atoms with E-state index in [1.807, 2.05) is 0 Å². The Kier molecular flexibility index (Phi) is 6.72. The number of amides is 1. The highest BCUT2D eigenvalue weighted by atomic mass is 35.5. The number of para-hydroxylation sites is 1. The minimum absolute atomic E-state index is 0. The SMILES string of the molecule is CC1CCC(NC(=O)CN2CCNCc3ccccc32)CC1.Cl. The number of nitrogens with zero attached hydrogens (tertiary/aromatic N) is 1. The minimum Gasteiger partial charge on any atom is -0.361 e. The summed E-state index contributed by atoms with van der Waals surface area (Å²) in [4.78, 5) is 14.6. The Balaban J connectivity index is 0.00000192. The molecule has 0 saturated heterocycles. The van der Waals surface area contributed by atoms with Gasteiger partial charge >= 0.3 is 0 Å². The Morgan fingerprint density at radius 1 is 1.26 bits per heavy atom. The Bertz CT molecular complexity index is 515. The summed E-state index contributed by atoms with van der Waals surface area (Å²) in [5.41, 5.74) is 2.47. The monoisotopic (exact) mass is 337 g/mol. The highest BCUT2D eigenvalue weighted by molar-refractivity contribution is 5.85. The van der Waals surface area contributed by atoms with Crippen LogP contribution in [0.5, 0.6) is 0 Å². The molecule has 0 unspecified atom stereocenters. The molecule has 0 atom stereocenters. The van der Waals surface area contributed by atoms with E-state index in [1.54, 1.807) is 0 Å². The van der Waals surface area contributed by atoms with E-state index in [9.17, 15) is 4.79 Å². The molecule has 0 aromatic heterocycles. The zero-order valence-corrected chi connectivity index (χ0v) is 14.7. The molecule has 2 aliphatic rings. The number of hydrogen-bond donors (Lipinski definition) is 2. The van der Waals surface area contributed by atoms with Crippen LogP contribution in [-0.4, -0.2) is 31.6 Å². The quantitative estimate of drug-likeness (QED) is 0.891. The molecule has 1 aliphatic heterocycles. The van der Waals surface area contributed by atoms with Gasteiger partial charge in [0.05, 0.1) is 6.54 Å². The molecule has 1 heterocycles. The predicted octanol–water partition coefficient (Wildman–Crippen LogP) is 2.71. The molecule has 1 fully saturated rings. The number of hydrogen-bond acceptors (Lipinski definition) is 3. The molecule has 4 nitrogen and oxygen atoms in total. The number of fused-ring (bicyclic) bond motifs is 1. The summed E-state index contributed by atoms with van der Waals surface area (Å²) in [5.74, 6) is 0.980. The molecule has 0 bridgehead atoms. The van der Waals surface area contributed by atoms with Crippen molar-refractivity contribution in [3.63, 3.8) is 0 Å². The van der Waals surface area contributed by atoms with Gasteiger partial charge in [-0.25, -0.2) is 0 Å². The number of anilines is 1. The Morgan fingerprint density at radius 2 is 2.00 bits per heavy atom. The number of rotatable bonds is 3. The molecule has 1 aromatic rings. The zero-order valence-electron chi connectivity index (χ0n) is 13.9. The molecule has 2 N–H and O–H groups in total. The van der Waals surface area contributed by atoms with E-state index in [2.05, 4.69) is 46.7 Å². The minimum atomic E-state index is 0. The van der Waals surface area contributed by atoms with Crippen LogP contribution in [0, 0.1) is 5.92 Å². The molecule has 23 heavy (non-hydrogen) atoms. The lowest BCUT2D eigenvalue weighted by Crippen LogP contribution is -2.44. The topological polar surface area (TPSA) is 44.4 Å². The summed E-state index contributed by atoms with van der Waals surface area (Å²) in [7, 11) is 0. The van der Waals surface area contributed by atoms with Crippen LogP contribution in [0.3, 0.4) is 0 Å². The molecule has 1 saturated carbocycles. The van der Waals surface area contributed by atoms with Crippen LogP contribution in [0.4, 0.5) is 5.69 Å². The smallest absolute Gasteiger partial charge is 0.239 e. The third-order valence-corrected chi connectivity index (χ3v) is 4.92. The normalized spacial score (nSPS) is 24.1. The second-order valence-electron chi connectivity index (χ2n) is 6.75. The van der Waals surface area contributed by atoms with Crippen molar-refractivity contribution >= 4 is 24.0 Å². The van der Waals surface area contributed by atoms with E-state index in [-0.39, 0.29) is 18.3 Å². The van der Waals surface area contributed by atoms with Gasteiger partial charge in [-0.1, -0.05) is 25.1 Å². The van der Waals surface area contributed by atoms with E-state index in [1.165, 1.54) is 24.1 Å². The first-order valence-electron chi connectivity index (χ1n) is 8.55. The molecule has 1 aliphatic carbocycles. The van der Waals surface area contributed by atoms with Crippen LogP contribution in [0.15, 0.2) is 24.3 Å². The Morgan fingerprint density at radius 3 is 2.78 bits per heavy atom. The van der Waals surface area contributed by atoms with Crippen molar-refractivity contribution in [2.24, 2.45) is 5.92 Å². The molecular weight excluding hydrogens is 310 g/mol. The highest BCUT2D eigenvalue weighted by Gasteiger charge is 2.22. The Hall–Kier alpha value is -1.26. The summed E-state index contributed by atoms with van der Waals surface area (Å²) in [6.45, 7) is 5.45. The van der Waals surface area contributed by atoms with Gasteiger partial charge in [0.15, 0.2) is 0 Å². The molecule has 1 aromatic carbocycles. The van der Waals surface area contributed by atoms with Gasteiger partial charge in [0, 0.05) is 31.4 Å². The van der Waals surface area contributed by atoms with E-state index in [4.69, 9.17) is 0 Å². The third kappa shape index (κ3) is 4.85. The largest absolute Gasteiger partial charge is 0.361 e. The number of benzene rings is 1. The molecule has 5 heteroatoms. The maximum atomic E-state index is 12.4. The van der Waals surface area contributed by atoms with Gasteiger partial charge in [0.2, 0.25) is 5.91 Å². The first-order chi connectivity index (χ1) is 10.7. The van der Waals surface area contributed by atoms with Crippen LogP contribution in [0.2, 0.25) is 0 Å². The number of carbonyl (C=O) groups excluding carboxylic acids is 1. The van der Waals surface area contributed by atoms with Crippen molar-refractivity contribution in [1.29, 1.82) is 0 Å². The summed E-state index contributed by atoms with van der Waals surface area (Å²) in [5, 5.41) is 6.66. The third-order valence-electron chi connectivity index (χ3n) is 4.92. The van der Waals surface area contributed by atoms with E-state index in [0.29, 0.717) is 12.6 Å². The molecule has 0 radical (unpaired) electrons. The maximum absolute atomic E-state index is 12.4. The summed E-state index contributed by atoms with van der Waals surface area (Å²) < 4.78 is 0. The number of nitrogens with one attached hydrogen (secondary N) is 2. The molecule has 128 valence electrons. The van der Waals surface area contributed by atoms with Crippen molar-refractivity contribution in [1.82, 2.24) is 10.6 Å². The highest BCUT2D eigenvalue weighted by Crippen LogP contribution is 2.24. The summed E-state index contributed by atoms with van der Waals surface area (Å²) >= 11 is 0. The van der Waals surface area contributed by atoms with Crippen molar-refractivity contribution in [2.45, 2.75) is 45.2 Å².